The van der Waals surface area contributed by atoms with Crippen molar-refractivity contribution in [2.75, 3.05) is 0 Å². The molecule has 12 nitrogen and oxygen atoms in total. The van der Waals surface area contributed by atoms with Gasteiger partial charge in [0.25, 0.3) is 0 Å². The van der Waals surface area contributed by atoms with Crippen LogP contribution < -0.4 is 33.6 Å². The number of aryl methyl sites for hydroxylation is 8. The predicted molar refractivity (Wildman–Crippen MR) is 326 cm³/mol. The Kier molecular flexibility index (Phi) is 23.9. The molecule has 0 aliphatic rings. The molecule has 6 aromatic carbocycles. The van der Waals surface area contributed by atoms with E-state index in [1.807, 2.05) is 0 Å². The Labute approximate surface area is 463 Å². The molecule has 8 amide bonds. The zero-order valence-corrected chi connectivity index (χ0v) is 47.2. The molecule has 0 atom stereocenters. The second-order valence-corrected chi connectivity index (χ2v) is 21.1. The molecule has 2 heterocycles. The Morgan fingerprint density at radius 2 is 0.692 bits per heavy atom. The molecule has 10 N–H and O–H groups in total. The number of rotatable bonds is 26. The fourth-order valence-corrected chi connectivity index (χ4v) is 11.1. The van der Waals surface area contributed by atoms with Crippen molar-refractivity contribution in [1.29, 1.82) is 0 Å². The van der Waals surface area contributed by atoms with Gasteiger partial charge in [0.05, 0.1) is 0 Å². The largest absolute Gasteiger partial charge is 0.351 e. The summed E-state index contributed by atoms with van der Waals surface area (Å²) in [5.41, 5.74) is 32.3. The highest BCUT2D eigenvalue weighted by atomic mass is 16.2. The fraction of sp³-hybridized carbons (Fsp3) is 0.424. The zero-order valence-electron chi connectivity index (χ0n) is 47.2. The number of urea groups is 4. The number of primary amides is 4. The van der Waals surface area contributed by atoms with Crippen molar-refractivity contribution in [1.82, 2.24) is 19.8 Å². The van der Waals surface area contributed by atoms with Crippen LogP contribution in [0.5, 0.6) is 0 Å². The molecule has 0 bridgehead atoms. The number of hydrogen-bond acceptors (Lipinski definition) is 4. The lowest BCUT2D eigenvalue weighted by Crippen LogP contribution is -2.38. The number of carbonyl (C=O) groups excluding carboxylic acids is 4. The first-order valence-electron chi connectivity index (χ1n) is 29.1. The van der Waals surface area contributed by atoms with Crippen LogP contribution in [0.3, 0.4) is 0 Å². The number of imide groups is 2. The molecule has 0 saturated heterocycles. The van der Waals surface area contributed by atoms with Crippen molar-refractivity contribution in [3.8, 4) is 0 Å². The van der Waals surface area contributed by atoms with Gasteiger partial charge in [0, 0.05) is 56.7 Å². The molecular formula is C66H88N8O4. The zero-order chi connectivity index (χ0) is 55.8. The third-order valence-corrected chi connectivity index (χ3v) is 15.1. The second kappa shape index (κ2) is 31.2. The minimum atomic E-state index is -0.938. The molecule has 2 aromatic heterocycles. The van der Waals surface area contributed by atoms with E-state index in [0.717, 1.165) is 25.9 Å². The van der Waals surface area contributed by atoms with Crippen LogP contribution in [-0.4, -0.2) is 33.3 Å². The summed E-state index contributed by atoms with van der Waals surface area (Å²) in [6.07, 6.45) is 27.6. The maximum atomic E-state index is 9.62. The van der Waals surface area contributed by atoms with E-state index in [9.17, 15) is 19.2 Å². The van der Waals surface area contributed by atoms with Gasteiger partial charge in [-0.15, -0.1) is 0 Å². The first-order valence-corrected chi connectivity index (χ1v) is 29.1. The lowest BCUT2D eigenvalue weighted by atomic mass is 9.94. The first-order chi connectivity index (χ1) is 37.8. The Balaban J connectivity index is 0.000000621. The smallest absolute Gasteiger partial charge is 0.320 e. The number of unbranched alkanes of at least 4 members (excludes halogenated alkanes) is 12. The van der Waals surface area contributed by atoms with Crippen LogP contribution in [0.2, 0.25) is 0 Å². The number of nitrogens with two attached hydrogens (primary N) is 4. The average molecular weight is 1060 g/mol. The van der Waals surface area contributed by atoms with Gasteiger partial charge in [0.15, 0.2) is 0 Å². The second-order valence-electron chi connectivity index (χ2n) is 21.1. The summed E-state index contributed by atoms with van der Waals surface area (Å²) < 4.78 is 5.31. The highest BCUT2D eigenvalue weighted by Crippen LogP contribution is 2.35. The lowest BCUT2D eigenvalue weighted by Gasteiger charge is -2.16. The predicted octanol–water partition coefficient (Wildman–Crippen LogP) is 15.5. The van der Waals surface area contributed by atoms with Crippen LogP contribution in [0.25, 0.3) is 54.4 Å². The molecule has 8 aromatic rings. The number of carbonyl (C=O) groups is 4. The maximum Gasteiger partial charge on any atom is 0.320 e. The van der Waals surface area contributed by atoms with Crippen molar-refractivity contribution < 1.29 is 19.2 Å². The molecule has 0 unspecified atom stereocenters. The van der Waals surface area contributed by atoms with E-state index in [2.05, 4.69) is 169 Å². The van der Waals surface area contributed by atoms with Crippen molar-refractivity contribution in [2.45, 2.75) is 182 Å². The van der Waals surface area contributed by atoms with Crippen molar-refractivity contribution in [3.05, 3.63) is 143 Å². The van der Waals surface area contributed by atoms with E-state index in [1.165, 1.54) is 216 Å². The lowest BCUT2D eigenvalue weighted by molar-refractivity contribution is 0.235. The van der Waals surface area contributed by atoms with Gasteiger partial charge in [0.2, 0.25) is 0 Å². The highest BCUT2D eigenvalue weighted by Gasteiger charge is 2.17. The van der Waals surface area contributed by atoms with E-state index in [1.54, 1.807) is 10.6 Å². The summed E-state index contributed by atoms with van der Waals surface area (Å²) in [7, 11) is 0. The van der Waals surface area contributed by atoms with E-state index >= 15 is 0 Å². The van der Waals surface area contributed by atoms with E-state index in [-0.39, 0.29) is 0 Å². The van der Waals surface area contributed by atoms with E-state index in [4.69, 9.17) is 0 Å². The number of fused-ring (bicyclic) bond motifs is 7. The number of amides is 8. The molecule has 0 aliphatic heterocycles. The van der Waals surface area contributed by atoms with Crippen molar-refractivity contribution >= 4 is 78.5 Å². The third-order valence-electron chi connectivity index (χ3n) is 15.1. The molecule has 78 heavy (non-hydrogen) atoms. The average Bonchev–Trinajstić information content (AvgIpc) is 3.99. The molecule has 0 radical (unpaired) electrons. The van der Waals surface area contributed by atoms with Gasteiger partial charge in [0.1, 0.15) is 0 Å². The van der Waals surface area contributed by atoms with Crippen LogP contribution >= 0.6 is 0 Å². The summed E-state index contributed by atoms with van der Waals surface area (Å²) in [4.78, 5) is 38.5. The van der Waals surface area contributed by atoms with Crippen LogP contribution in [0.4, 0.5) is 19.2 Å². The summed E-state index contributed by atoms with van der Waals surface area (Å²) in [5.74, 6) is 0. The number of benzene rings is 6. The minimum absolute atomic E-state index is 0.937. The SMILES string of the molecule is CCCCCCc1ccc2c(c1)c1cc(CCCCCC)ccc1n2CCc1ccc2ccccc2c1CCn1c2ccc(CCCCCC)cc2c2cc(CCCCCC)ccc21.NC(=O)NC(N)=O.NC(=O)NC(N)=O. The maximum absolute atomic E-state index is 9.62. The molecule has 0 spiro atoms. The first kappa shape index (κ1) is 59.9. The standard InChI is InChI=1S/C62H78N2.2C2H5N3O2/c1-5-9-13-17-23-47-29-35-59-55(43-47)56-44-48(24-18-14-10-6-2)30-36-60(56)63(59)41-39-52-34-33-51-27-21-22-28-53(51)54(52)40-42-64-61-37-31-49(25-19-15-11-7-3)45-57(61)58-46-50(32-38-62(58)64)26-20-16-12-8-4;2*3-1(6)5-2(4)7/h21-22,27-38,43-46H,5-20,23-26,39-42H2,1-4H3;2*(H5,3,4,5,6,7). The van der Waals surface area contributed by atoms with Gasteiger partial charge >= 0.3 is 24.1 Å². The molecule has 8 rings (SSSR count). The number of hydrogen-bond donors (Lipinski definition) is 6. The van der Waals surface area contributed by atoms with Gasteiger partial charge in [-0.25, -0.2) is 19.2 Å². The summed E-state index contributed by atoms with van der Waals surface area (Å²) in [6.45, 7) is 11.2. The normalized spacial score (nSPS) is 11.2. The summed E-state index contributed by atoms with van der Waals surface area (Å²) in [6, 6.07) is 39.9. The van der Waals surface area contributed by atoms with E-state index in [0.29, 0.717) is 0 Å². The molecular weight excluding hydrogens is 969 g/mol. The summed E-state index contributed by atoms with van der Waals surface area (Å²) >= 11 is 0. The monoisotopic (exact) mass is 1060 g/mol. The quantitative estimate of drug-likeness (QED) is 0.0293. The minimum Gasteiger partial charge on any atom is -0.351 e. The summed E-state index contributed by atoms with van der Waals surface area (Å²) in [5, 5.41) is 11.7. The molecule has 0 aliphatic carbocycles. The van der Waals surface area contributed by atoms with Gasteiger partial charge < -0.3 is 32.1 Å². The third kappa shape index (κ3) is 17.3. The molecule has 0 fully saturated rings. The van der Waals surface area contributed by atoms with Crippen molar-refractivity contribution in [2.24, 2.45) is 22.9 Å². The molecule has 0 saturated carbocycles. The number of nitrogens with zero attached hydrogens (tertiary/aromatic N) is 2. The molecule has 12 heteroatoms. The Morgan fingerprint density at radius 3 is 1.01 bits per heavy atom. The van der Waals surface area contributed by atoms with Gasteiger partial charge in [-0.2, -0.15) is 0 Å². The van der Waals surface area contributed by atoms with Crippen LogP contribution in [0.1, 0.15) is 164 Å². The van der Waals surface area contributed by atoms with Crippen molar-refractivity contribution in [3.63, 3.8) is 0 Å². The topological polar surface area (TPSA) is 206 Å². The molecule has 416 valence electrons. The fourth-order valence-electron chi connectivity index (χ4n) is 11.1. The van der Waals surface area contributed by atoms with Gasteiger partial charge in [-0.1, -0.05) is 165 Å². The van der Waals surface area contributed by atoms with Crippen LogP contribution in [0.15, 0.2) is 109 Å². The highest BCUT2D eigenvalue weighted by molar-refractivity contribution is 6.09. The number of nitrogens with one attached hydrogen (secondary N) is 2. The van der Waals surface area contributed by atoms with Gasteiger partial charge in [-0.3, -0.25) is 10.6 Å². The Morgan fingerprint density at radius 1 is 0.359 bits per heavy atom. The van der Waals surface area contributed by atoms with Gasteiger partial charge in [-0.05, 0) is 157 Å². The Bertz CT molecular complexity index is 3050. The van der Waals surface area contributed by atoms with Crippen LogP contribution in [-0.2, 0) is 51.6 Å². The number of aromatic nitrogens is 2. The van der Waals surface area contributed by atoms with Crippen LogP contribution in [0, 0.1) is 0 Å². The Hall–Kier alpha value is -7.34. The van der Waals surface area contributed by atoms with E-state index < -0.39 is 24.1 Å².